The van der Waals surface area contributed by atoms with Crippen molar-refractivity contribution in [2.75, 3.05) is 0 Å². The minimum atomic E-state index is 0.879. The van der Waals surface area contributed by atoms with Gasteiger partial charge in [0.25, 0.3) is 0 Å². The van der Waals surface area contributed by atoms with Crippen LogP contribution < -0.4 is 0 Å². The maximum absolute atomic E-state index is 2.55. The average molecular weight is 236 g/mol. The van der Waals surface area contributed by atoms with Gasteiger partial charge < -0.3 is 0 Å². The summed E-state index contributed by atoms with van der Waals surface area (Å²) >= 11 is 0. The summed E-state index contributed by atoms with van der Waals surface area (Å²) in [4.78, 5) is 0. The van der Waals surface area contributed by atoms with Crippen LogP contribution in [0.3, 0.4) is 0 Å². The van der Waals surface area contributed by atoms with Gasteiger partial charge in [-0.25, -0.2) is 0 Å². The third-order valence-corrected chi connectivity index (χ3v) is 4.28. The highest BCUT2D eigenvalue weighted by Gasteiger charge is 2.18. The van der Waals surface area contributed by atoms with Gasteiger partial charge in [0.1, 0.15) is 0 Å². The second-order valence-electron chi connectivity index (χ2n) is 6.62. The van der Waals surface area contributed by atoms with Crippen molar-refractivity contribution >= 4 is 0 Å². The van der Waals surface area contributed by atoms with E-state index in [-0.39, 0.29) is 0 Å². The zero-order chi connectivity index (χ0) is 12.7. The van der Waals surface area contributed by atoms with Crippen molar-refractivity contribution in [2.24, 2.45) is 17.8 Å². The molecule has 0 bridgehead atoms. The maximum Gasteiger partial charge on any atom is -0.0318 e. The summed E-state index contributed by atoms with van der Waals surface area (Å²) in [5.74, 6) is 2.76. The van der Waals surface area contributed by atoms with Crippen LogP contribution in [0.15, 0.2) is 11.6 Å². The molecule has 0 atom stereocenters. The molecule has 1 fully saturated rings. The fraction of sp³-hybridized carbons (Fsp3) is 0.882. The number of allylic oxidation sites excluding steroid dienone is 2. The molecule has 0 amide bonds. The predicted octanol–water partition coefficient (Wildman–Crippen LogP) is 5.98. The van der Waals surface area contributed by atoms with E-state index in [9.17, 15) is 0 Å². The molecule has 0 heteroatoms. The molecule has 0 aromatic heterocycles. The molecular weight excluding hydrogens is 204 g/mol. The third kappa shape index (κ3) is 6.29. The summed E-state index contributed by atoms with van der Waals surface area (Å²) in [7, 11) is 0. The first-order valence-electron chi connectivity index (χ1n) is 7.77. The minimum Gasteiger partial charge on any atom is -0.0853 e. The monoisotopic (exact) mass is 236 g/mol. The fourth-order valence-electron chi connectivity index (χ4n) is 2.88. The predicted molar refractivity (Wildman–Crippen MR) is 78.2 cm³/mol. The van der Waals surface area contributed by atoms with Crippen LogP contribution in [0.25, 0.3) is 0 Å². The van der Waals surface area contributed by atoms with Gasteiger partial charge >= 0.3 is 0 Å². The number of hydrogen-bond donors (Lipinski definition) is 0. The molecule has 0 spiro atoms. The Morgan fingerprint density at radius 2 is 1.71 bits per heavy atom. The molecule has 1 aliphatic rings. The van der Waals surface area contributed by atoms with Crippen LogP contribution in [0, 0.1) is 17.8 Å². The fourth-order valence-corrected chi connectivity index (χ4v) is 2.88. The van der Waals surface area contributed by atoms with Crippen LogP contribution >= 0.6 is 0 Å². The van der Waals surface area contributed by atoms with E-state index >= 15 is 0 Å². The summed E-state index contributed by atoms with van der Waals surface area (Å²) in [6, 6.07) is 0. The van der Waals surface area contributed by atoms with Gasteiger partial charge in [-0.2, -0.15) is 0 Å². The molecule has 1 saturated carbocycles. The molecule has 0 aromatic rings. The van der Waals surface area contributed by atoms with Crippen molar-refractivity contribution in [1.82, 2.24) is 0 Å². The van der Waals surface area contributed by atoms with E-state index in [1.54, 1.807) is 5.57 Å². The van der Waals surface area contributed by atoms with Crippen molar-refractivity contribution < 1.29 is 0 Å². The second kappa shape index (κ2) is 7.95. The summed E-state index contributed by atoms with van der Waals surface area (Å²) < 4.78 is 0. The summed E-state index contributed by atoms with van der Waals surface area (Å²) in [6.45, 7) is 9.41. The topological polar surface area (TPSA) is 0 Å². The molecule has 0 nitrogen and oxygen atoms in total. The average Bonchev–Trinajstić information content (AvgIpc) is 2.29. The lowest BCUT2D eigenvalue weighted by molar-refractivity contribution is 0.310. The number of unbranched alkanes of at least 4 members (excludes halogenated alkanes) is 2. The molecule has 1 rings (SSSR count). The van der Waals surface area contributed by atoms with Gasteiger partial charge in [0.05, 0.1) is 0 Å². The van der Waals surface area contributed by atoms with Crippen molar-refractivity contribution in [3.05, 3.63) is 11.6 Å². The van der Waals surface area contributed by atoms with Crippen molar-refractivity contribution in [2.45, 2.75) is 79.1 Å². The normalized spacial score (nSPS) is 21.3. The van der Waals surface area contributed by atoms with Crippen LogP contribution in [0.4, 0.5) is 0 Å². The molecule has 0 radical (unpaired) electrons. The Kier molecular flexibility index (Phi) is 6.92. The Hall–Kier alpha value is -0.260. The van der Waals surface area contributed by atoms with Gasteiger partial charge in [-0.1, -0.05) is 52.2 Å². The van der Waals surface area contributed by atoms with E-state index in [0.29, 0.717) is 0 Å². The molecule has 0 unspecified atom stereocenters. The standard InChI is InChI=1S/C17H32/c1-14(2)8-6-5-7-9-16-10-12-17(13-11-16)15(3)4/h9,14-15,17H,5-8,10-13H2,1-4H3. The van der Waals surface area contributed by atoms with Crippen molar-refractivity contribution in [3.8, 4) is 0 Å². The number of rotatable bonds is 6. The molecule has 0 aliphatic heterocycles. The van der Waals surface area contributed by atoms with Crippen LogP contribution in [-0.2, 0) is 0 Å². The first kappa shape index (κ1) is 14.8. The van der Waals surface area contributed by atoms with E-state index < -0.39 is 0 Å². The lowest BCUT2D eigenvalue weighted by Crippen LogP contribution is -2.13. The SMILES string of the molecule is CC(C)CCCCC=C1CCC(C(C)C)CC1. The Bertz CT molecular complexity index is 212. The van der Waals surface area contributed by atoms with Crippen LogP contribution in [0.2, 0.25) is 0 Å². The van der Waals surface area contributed by atoms with Crippen LogP contribution in [0.1, 0.15) is 79.1 Å². The van der Waals surface area contributed by atoms with E-state index in [0.717, 1.165) is 17.8 Å². The molecule has 0 saturated heterocycles. The Morgan fingerprint density at radius 1 is 1.06 bits per heavy atom. The van der Waals surface area contributed by atoms with Gasteiger partial charge in [0, 0.05) is 0 Å². The highest BCUT2D eigenvalue weighted by molar-refractivity contribution is 5.05. The zero-order valence-corrected chi connectivity index (χ0v) is 12.5. The van der Waals surface area contributed by atoms with Crippen molar-refractivity contribution in [3.63, 3.8) is 0 Å². The molecule has 0 N–H and O–H groups in total. The zero-order valence-electron chi connectivity index (χ0n) is 12.5. The van der Waals surface area contributed by atoms with Crippen LogP contribution in [0.5, 0.6) is 0 Å². The molecule has 0 aromatic carbocycles. The van der Waals surface area contributed by atoms with Gasteiger partial charge in [-0.15, -0.1) is 0 Å². The lowest BCUT2D eigenvalue weighted by Gasteiger charge is -2.27. The lowest BCUT2D eigenvalue weighted by atomic mass is 9.79. The van der Waals surface area contributed by atoms with Crippen LogP contribution in [-0.4, -0.2) is 0 Å². The first-order valence-corrected chi connectivity index (χ1v) is 7.77. The molecule has 0 heterocycles. The highest BCUT2D eigenvalue weighted by atomic mass is 14.2. The van der Waals surface area contributed by atoms with E-state index in [4.69, 9.17) is 0 Å². The van der Waals surface area contributed by atoms with E-state index in [1.165, 1.54) is 51.4 Å². The van der Waals surface area contributed by atoms with Crippen molar-refractivity contribution in [1.29, 1.82) is 0 Å². The highest BCUT2D eigenvalue weighted by Crippen LogP contribution is 2.33. The summed E-state index contributed by atoms with van der Waals surface area (Å²) in [6.07, 6.45) is 13.7. The Balaban J connectivity index is 2.11. The van der Waals surface area contributed by atoms with E-state index in [1.807, 2.05) is 0 Å². The van der Waals surface area contributed by atoms with Gasteiger partial charge in [-0.3, -0.25) is 0 Å². The smallest absolute Gasteiger partial charge is 0.0318 e. The number of hydrogen-bond acceptors (Lipinski definition) is 0. The van der Waals surface area contributed by atoms with E-state index in [2.05, 4.69) is 33.8 Å². The molecular formula is C17H32. The summed E-state index contributed by atoms with van der Waals surface area (Å²) in [5, 5.41) is 0. The Morgan fingerprint density at radius 3 is 2.24 bits per heavy atom. The first-order chi connectivity index (χ1) is 8.09. The maximum atomic E-state index is 2.55. The minimum absolute atomic E-state index is 0.879. The summed E-state index contributed by atoms with van der Waals surface area (Å²) in [5.41, 5.74) is 1.76. The van der Waals surface area contributed by atoms with Gasteiger partial charge in [-0.05, 0) is 56.3 Å². The third-order valence-electron chi connectivity index (χ3n) is 4.28. The van der Waals surface area contributed by atoms with Gasteiger partial charge in [0.15, 0.2) is 0 Å². The quantitative estimate of drug-likeness (QED) is 0.393. The molecule has 100 valence electrons. The second-order valence-corrected chi connectivity index (χ2v) is 6.62. The molecule has 1 aliphatic carbocycles. The largest absolute Gasteiger partial charge is 0.0853 e. The Labute approximate surface area is 109 Å². The molecule has 17 heavy (non-hydrogen) atoms. The van der Waals surface area contributed by atoms with Gasteiger partial charge in [0.2, 0.25) is 0 Å².